The number of hydrogen-bond acceptors (Lipinski definition) is 4. The lowest BCUT2D eigenvalue weighted by Gasteiger charge is -2.18. The van der Waals surface area contributed by atoms with E-state index in [0.717, 1.165) is 11.6 Å². The maximum absolute atomic E-state index is 10.5. The van der Waals surface area contributed by atoms with E-state index in [1.165, 1.54) is 24.6 Å². The molecular formula is C10H15N3O2S. The predicted molar refractivity (Wildman–Crippen MR) is 60.4 cm³/mol. The molecule has 1 fully saturated rings. The maximum Gasteiger partial charge on any atom is 0.313 e. The number of nitrogens with zero attached hydrogens (tertiary/aromatic N) is 3. The Morgan fingerprint density at radius 3 is 3.12 bits per heavy atom. The van der Waals surface area contributed by atoms with Crippen LogP contribution in [0.4, 0.5) is 0 Å². The molecule has 0 amide bonds. The van der Waals surface area contributed by atoms with Gasteiger partial charge in [-0.15, -0.1) is 10.2 Å². The van der Waals surface area contributed by atoms with Crippen LogP contribution in [-0.2, 0) is 4.79 Å². The molecule has 0 bridgehead atoms. The molecule has 5 nitrogen and oxygen atoms in total. The second-order valence-electron chi connectivity index (χ2n) is 4.18. The van der Waals surface area contributed by atoms with Crippen LogP contribution in [0.1, 0.15) is 32.2 Å². The number of aliphatic carboxylic acids is 1. The zero-order valence-electron chi connectivity index (χ0n) is 9.17. The molecule has 0 spiro atoms. The van der Waals surface area contributed by atoms with Gasteiger partial charge < -0.3 is 9.67 Å². The third kappa shape index (κ3) is 2.37. The van der Waals surface area contributed by atoms with Crippen molar-refractivity contribution in [3.05, 3.63) is 6.33 Å². The van der Waals surface area contributed by atoms with Gasteiger partial charge in [0.1, 0.15) is 6.33 Å². The number of thioether (sulfide) groups is 1. The summed E-state index contributed by atoms with van der Waals surface area (Å²) in [6, 6.07) is 0.436. The topological polar surface area (TPSA) is 68.0 Å². The minimum Gasteiger partial charge on any atom is -0.481 e. The highest BCUT2D eigenvalue weighted by Crippen LogP contribution is 2.37. The molecule has 1 aliphatic rings. The lowest BCUT2D eigenvalue weighted by atomic mass is 10.1. The highest BCUT2D eigenvalue weighted by molar-refractivity contribution is 7.99. The molecule has 0 aromatic carbocycles. The molecule has 2 rings (SSSR count). The van der Waals surface area contributed by atoms with E-state index >= 15 is 0 Å². The molecule has 1 aromatic rings. The summed E-state index contributed by atoms with van der Waals surface area (Å²) in [4.78, 5) is 10.5. The Morgan fingerprint density at radius 1 is 1.69 bits per heavy atom. The van der Waals surface area contributed by atoms with Gasteiger partial charge in [-0.3, -0.25) is 4.79 Å². The summed E-state index contributed by atoms with van der Waals surface area (Å²) in [7, 11) is 0. The van der Waals surface area contributed by atoms with Crippen molar-refractivity contribution in [2.45, 2.75) is 37.4 Å². The standard InChI is InChI=1S/C10H15N3O2S/c1-7-3-2-4-8(7)13-6-11-12-10(13)16-5-9(14)15/h6-8H,2-5H2,1H3,(H,14,15). The van der Waals surface area contributed by atoms with Crippen molar-refractivity contribution >= 4 is 17.7 Å². The van der Waals surface area contributed by atoms with Gasteiger partial charge in [0.05, 0.1) is 5.75 Å². The van der Waals surface area contributed by atoms with Crippen LogP contribution in [0.15, 0.2) is 11.5 Å². The molecule has 2 unspecified atom stereocenters. The van der Waals surface area contributed by atoms with Crippen LogP contribution in [0.3, 0.4) is 0 Å². The normalized spacial score (nSPS) is 24.8. The van der Waals surface area contributed by atoms with Crippen LogP contribution >= 0.6 is 11.8 Å². The van der Waals surface area contributed by atoms with Crippen molar-refractivity contribution < 1.29 is 9.90 Å². The minimum absolute atomic E-state index is 0.0415. The Balaban J connectivity index is 2.09. The lowest BCUT2D eigenvalue weighted by molar-refractivity contribution is -0.133. The number of hydrogen-bond donors (Lipinski definition) is 1. The second-order valence-corrected chi connectivity index (χ2v) is 5.12. The van der Waals surface area contributed by atoms with Crippen molar-refractivity contribution in [3.8, 4) is 0 Å². The Hall–Kier alpha value is -1.04. The molecule has 0 saturated heterocycles. The Bertz CT molecular complexity index is 380. The molecule has 0 radical (unpaired) electrons. The van der Waals surface area contributed by atoms with Crippen molar-refractivity contribution in [1.82, 2.24) is 14.8 Å². The van der Waals surface area contributed by atoms with Crippen LogP contribution in [0.25, 0.3) is 0 Å². The number of rotatable bonds is 4. The van der Waals surface area contributed by atoms with Crippen LogP contribution in [0, 0.1) is 5.92 Å². The van der Waals surface area contributed by atoms with Gasteiger partial charge in [0.25, 0.3) is 0 Å². The molecule has 16 heavy (non-hydrogen) atoms. The average molecular weight is 241 g/mol. The van der Waals surface area contributed by atoms with Crippen LogP contribution < -0.4 is 0 Å². The zero-order chi connectivity index (χ0) is 11.5. The molecule has 1 aliphatic carbocycles. The average Bonchev–Trinajstić information content (AvgIpc) is 2.82. The summed E-state index contributed by atoms with van der Waals surface area (Å²) in [6.45, 7) is 2.23. The first-order valence-electron chi connectivity index (χ1n) is 5.42. The smallest absolute Gasteiger partial charge is 0.313 e. The Kier molecular flexibility index (Phi) is 3.48. The molecule has 88 valence electrons. The van der Waals surface area contributed by atoms with E-state index in [1.54, 1.807) is 6.33 Å². The monoisotopic (exact) mass is 241 g/mol. The van der Waals surface area contributed by atoms with E-state index in [-0.39, 0.29) is 5.75 Å². The Labute approximate surface area is 98.3 Å². The fraction of sp³-hybridized carbons (Fsp3) is 0.700. The first-order valence-corrected chi connectivity index (χ1v) is 6.41. The van der Waals surface area contributed by atoms with E-state index in [2.05, 4.69) is 17.1 Å². The van der Waals surface area contributed by atoms with Crippen molar-refractivity contribution in [2.75, 3.05) is 5.75 Å². The molecule has 6 heteroatoms. The molecule has 1 N–H and O–H groups in total. The number of aromatic nitrogens is 3. The van der Waals surface area contributed by atoms with E-state index in [0.29, 0.717) is 12.0 Å². The largest absolute Gasteiger partial charge is 0.481 e. The first kappa shape index (κ1) is 11.4. The highest BCUT2D eigenvalue weighted by atomic mass is 32.2. The summed E-state index contributed by atoms with van der Waals surface area (Å²) >= 11 is 1.24. The van der Waals surface area contributed by atoms with Gasteiger partial charge in [-0.05, 0) is 18.8 Å². The van der Waals surface area contributed by atoms with Crippen LogP contribution in [0.5, 0.6) is 0 Å². The van der Waals surface area contributed by atoms with Crippen molar-refractivity contribution in [3.63, 3.8) is 0 Å². The van der Waals surface area contributed by atoms with Gasteiger partial charge in [0, 0.05) is 6.04 Å². The molecule has 2 atom stereocenters. The summed E-state index contributed by atoms with van der Waals surface area (Å²) in [6.07, 6.45) is 5.31. The van der Waals surface area contributed by atoms with Crippen LogP contribution in [0.2, 0.25) is 0 Å². The summed E-state index contributed by atoms with van der Waals surface area (Å²) in [5, 5.41) is 17.2. The summed E-state index contributed by atoms with van der Waals surface area (Å²) < 4.78 is 2.03. The number of carboxylic acid groups (broad SMARTS) is 1. The molecular weight excluding hydrogens is 226 g/mol. The van der Waals surface area contributed by atoms with Crippen LogP contribution in [-0.4, -0.2) is 31.6 Å². The zero-order valence-corrected chi connectivity index (χ0v) is 9.98. The third-order valence-electron chi connectivity index (χ3n) is 3.04. The van der Waals surface area contributed by atoms with Gasteiger partial charge in [-0.25, -0.2) is 0 Å². The van der Waals surface area contributed by atoms with Crippen molar-refractivity contribution in [2.24, 2.45) is 5.92 Å². The van der Waals surface area contributed by atoms with E-state index in [1.807, 2.05) is 4.57 Å². The van der Waals surface area contributed by atoms with Gasteiger partial charge in [0.15, 0.2) is 5.16 Å². The minimum atomic E-state index is -0.820. The maximum atomic E-state index is 10.5. The number of carboxylic acids is 1. The predicted octanol–water partition coefficient (Wildman–Crippen LogP) is 1.82. The van der Waals surface area contributed by atoms with Gasteiger partial charge in [0.2, 0.25) is 0 Å². The third-order valence-corrected chi connectivity index (χ3v) is 3.98. The summed E-state index contributed by atoms with van der Waals surface area (Å²) in [5.41, 5.74) is 0. The second kappa shape index (κ2) is 4.86. The quantitative estimate of drug-likeness (QED) is 0.814. The molecule has 1 heterocycles. The fourth-order valence-electron chi connectivity index (χ4n) is 2.23. The molecule has 0 aliphatic heterocycles. The Morgan fingerprint density at radius 2 is 2.50 bits per heavy atom. The SMILES string of the molecule is CC1CCCC1n1cnnc1SCC(=O)O. The lowest BCUT2D eigenvalue weighted by Crippen LogP contribution is -2.12. The van der Waals surface area contributed by atoms with E-state index in [9.17, 15) is 4.79 Å². The van der Waals surface area contributed by atoms with E-state index < -0.39 is 5.97 Å². The van der Waals surface area contributed by atoms with Gasteiger partial charge in [-0.2, -0.15) is 0 Å². The molecule has 1 saturated carbocycles. The molecule has 1 aromatic heterocycles. The highest BCUT2D eigenvalue weighted by Gasteiger charge is 2.27. The number of carbonyl (C=O) groups is 1. The summed E-state index contributed by atoms with van der Waals surface area (Å²) in [5.74, 6) is -0.154. The van der Waals surface area contributed by atoms with Crippen molar-refractivity contribution in [1.29, 1.82) is 0 Å². The first-order chi connectivity index (χ1) is 7.68. The van der Waals surface area contributed by atoms with Gasteiger partial charge in [-0.1, -0.05) is 25.1 Å². The van der Waals surface area contributed by atoms with E-state index in [4.69, 9.17) is 5.11 Å². The van der Waals surface area contributed by atoms with Gasteiger partial charge >= 0.3 is 5.97 Å². The fourth-order valence-corrected chi connectivity index (χ4v) is 2.92.